The molecule has 7 nitrogen and oxygen atoms in total. The summed E-state index contributed by atoms with van der Waals surface area (Å²) in [5, 5.41) is 0. The van der Waals surface area contributed by atoms with Gasteiger partial charge in [0.15, 0.2) is 11.5 Å². The van der Waals surface area contributed by atoms with Crippen molar-refractivity contribution in [2.75, 3.05) is 25.2 Å². The molecular weight excluding hydrogens is 310 g/mol. The van der Waals surface area contributed by atoms with E-state index in [0.717, 1.165) is 11.4 Å². The number of amidine groups is 1. The van der Waals surface area contributed by atoms with Crippen molar-refractivity contribution in [2.24, 2.45) is 4.99 Å². The quantitative estimate of drug-likeness (QED) is 0.651. The summed E-state index contributed by atoms with van der Waals surface area (Å²) in [5.74, 6) is 1.52. The molecule has 2 aliphatic heterocycles. The van der Waals surface area contributed by atoms with E-state index < -0.39 is 5.97 Å². The van der Waals surface area contributed by atoms with Gasteiger partial charge in [0.2, 0.25) is 0 Å². The lowest BCUT2D eigenvalue weighted by Crippen LogP contribution is -2.29. The molecule has 126 valence electrons. The lowest BCUT2D eigenvalue weighted by molar-refractivity contribution is -0.138. The minimum atomic E-state index is -0.417. The van der Waals surface area contributed by atoms with Crippen LogP contribution < -0.4 is 20.3 Å². The fourth-order valence-electron chi connectivity index (χ4n) is 2.46. The van der Waals surface area contributed by atoms with E-state index in [9.17, 15) is 4.79 Å². The van der Waals surface area contributed by atoms with Gasteiger partial charge < -0.3 is 14.2 Å². The fraction of sp³-hybridized carbons (Fsp3) is 0.294. The number of anilines is 1. The van der Waals surface area contributed by atoms with Crippen LogP contribution in [0.25, 0.3) is 0 Å². The number of fused-ring (bicyclic) bond motifs is 1. The molecule has 3 rings (SSSR count). The smallest absolute Gasteiger partial charge is 0.340 e. The maximum atomic E-state index is 12.0. The van der Waals surface area contributed by atoms with Crippen LogP contribution in [0, 0.1) is 0 Å². The van der Waals surface area contributed by atoms with Gasteiger partial charge >= 0.3 is 5.97 Å². The maximum Gasteiger partial charge on any atom is 0.340 e. The summed E-state index contributed by atoms with van der Waals surface area (Å²) in [6.45, 7) is 8.74. The molecular formula is C17H19N3O4. The number of hydrogen-bond acceptors (Lipinski definition) is 7. The Labute approximate surface area is 140 Å². The number of rotatable bonds is 4. The average molecular weight is 329 g/mol. The number of hydrogen-bond donors (Lipinski definition) is 2. The Hall–Kier alpha value is -2.96. The monoisotopic (exact) mass is 329 g/mol. The Kier molecular flexibility index (Phi) is 4.41. The van der Waals surface area contributed by atoms with E-state index >= 15 is 0 Å². The number of ether oxygens (including phenoxy) is 3. The zero-order valence-electron chi connectivity index (χ0n) is 13.6. The van der Waals surface area contributed by atoms with Gasteiger partial charge in [-0.15, -0.1) is 0 Å². The number of carbonyl (C=O) groups is 1. The molecule has 0 radical (unpaired) electrons. The highest BCUT2D eigenvalue weighted by atomic mass is 16.6. The van der Waals surface area contributed by atoms with E-state index in [1.54, 1.807) is 13.8 Å². The van der Waals surface area contributed by atoms with E-state index in [4.69, 9.17) is 14.2 Å². The molecule has 0 aromatic heterocycles. The summed E-state index contributed by atoms with van der Waals surface area (Å²) < 4.78 is 16.1. The van der Waals surface area contributed by atoms with Crippen LogP contribution in [-0.2, 0) is 9.53 Å². The first-order valence-corrected chi connectivity index (χ1v) is 7.68. The molecule has 1 aromatic carbocycles. The summed E-state index contributed by atoms with van der Waals surface area (Å²) in [4.78, 5) is 16.2. The molecule has 0 saturated heterocycles. The molecule has 0 unspecified atom stereocenters. The van der Waals surface area contributed by atoms with Gasteiger partial charge in [0, 0.05) is 11.6 Å². The van der Waals surface area contributed by atoms with Crippen LogP contribution in [0.15, 0.2) is 46.6 Å². The Morgan fingerprint density at radius 3 is 2.79 bits per heavy atom. The molecule has 0 aliphatic carbocycles. The van der Waals surface area contributed by atoms with E-state index in [1.807, 2.05) is 18.2 Å². The highest BCUT2D eigenvalue weighted by molar-refractivity contribution is 6.11. The summed E-state index contributed by atoms with van der Waals surface area (Å²) in [6.07, 6.45) is 0. The van der Waals surface area contributed by atoms with E-state index in [2.05, 4.69) is 22.4 Å². The van der Waals surface area contributed by atoms with Gasteiger partial charge in [-0.2, -0.15) is 0 Å². The molecule has 1 aromatic rings. The molecule has 7 heteroatoms. The molecule has 0 spiro atoms. The van der Waals surface area contributed by atoms with Crippen LogP contribution >= 0.6 is 0 Å². The zero-order chi connectivity index (χ0) is 17.1. The van der Waals surface area contributed by atoms with Gasteiger partial charge in [0.1, 0.15) is 19.0 Å². The van der Waals surface area contributed by atoms with Crippen LogP contribution in [0.3, 0.4) is 0 Å². The van der Waals surface area contributed by atoms with Gasteiger partial charge in [-0.05, 0) is 26.0 Å². The maximum absolute atomic E-state index is 12.0. The first-order valence-electron chi connectivity index (χ1n) is 7.68. The third-order valence-corrected chi connectivity index (χ3v) is 3.61. The summed E-state index contributed by atoms with van der Waals surface area (Å²) in [6, 6.07) is 5.52. The molecule has 0 bridgehead atoms. The third kappa shape index (κ3) is 3.05. The van der Waals surface area contributed by atoms with Gasteiger partial charge in [0.25, 0.3) is 0 Å². The Bertz CT molecular complexity index is 752. The van der Waals surface area contributed by atoms with Crippen molar-refractivity contribution in [2.45, 2.75) is 13.8 Å². The van der Waals surface area contributed by atoms with Gasteiger partial charge in [-0.1, -0.05) is 6.58 Å². The number of benzene rings is 1. The normalized spacial score (nSPS) is 15.9. The number of nitrogens with zero attached hydrogens (tertiary/aromatic N) is 1. The highest BCUT2D eigenvalue weighted by Gasteiger charge is 2.26. The second-order valence-electron chi connectivity index (χ2n) is 5.24. The Balaban J connectivity index is 1.70. The first-order chi connectivity index (χ1) is 11.6. The number of carbonyl (C=O) groups excluding carboxylic acids is 1. The number of hydrazine groups is 1. The molecule has 0 atom stereocenters. The lowest BCUT2D eigenvalue weighted by Gasteiger charge is -2.19. The minimum absolute atomic E-state index is 0.307. The van der Waals surface area contributed by atoms with Crippen molar-refractivity contribution in [1.82, 2.24) is 5.43 Å². The standard InChI is InChI=1S/C17H19N3O4/c1-4-22-17(21)15-10(2)16(18-11(15)3)20-19-12-5-6-13-14(9-12)24-8-7-23-13/h5-6,9,19H,3-4,7-8H2,1-2H3,(H,18,20). The SMILES string of the molecule is C=C1N=C(NNc2ccc3c(c2)OCCO3)C(C)=C1C(=O)OCC. The van der Waals surface area contributed by atoms with Gasteiger partial charge in [0.05, 0.1) is 23.6 Å². The van der Waals surface area contributed by atoms with Crippen LogP contribution in [0.5, 0.6) is 11.5 Å². The zero-order valence-corrected chi connectivity index (χ0v) is 13.6. The molecule has 0 saturated carbocycles. The second-order valence-corrected chi connectivity index (χ2v) is 5.24. The Morgan fingerprint density at radius 2 is 2.04 bits per heavy atom. The van der Waals surface area contributed by atoms with Crippen molar-refractivity contribution in [1.29, 1.82) is 0 Å². The fourth-order valence-corrected chi connectivity index (χ4v) is 2.46. The predicted octanol–water partition coefficient (Wildman–Crippen LogP) is 2.18. The van der Waals surface area contributed by atoms with Gasteiger partial charge in [-0.25, -0.2) is 9.79 Å². The van der Waals surface area contributed by atoms with Crippen molar-refractivity contribution in [3.63, 3.8) is 0 Å². The van der Waals surface area contributed by atoms with Crippen molar-refractivity contribution in [3.8, 4) is 11.5 Å². The number of nitrogens with one attached hydrogen (secondary N) is 2. The van der Waals surface area contributed by atoms with Crippen molar-refractivity contribution >= 4 is 17.5 Å². The summed E-state index contributed by atoms with van der Waals surface area (Å²) in [7, 11) is 0. The number of esters is 1. The van der Waals surface area contributed by atoms with Crippen LogP contribution in [0.4, 0.5) is 5.69 Å². The van der Waals surface area contributed by atoms with Crippen molar-refractivity contribution < 1.29 is 19.0 Å². The Morgan fingerprint density at radius 1 is 1.29 bits per heavy atom. The lowest BCUT2D eigenvalue weighted by atomic mass is 10.1. The molecule has 2 aliphatic rings. The molecule has 0 amide bonds. The van der Waals surface area contributed by atoms with E-state index in [0.29, 0.717) is 48.2 Å². The molecule has 0 fully saturated rings. The molecule has 2 N–H and O–H groups in total. The second kappa shape index (κ2) is 6.66. The van der Waals surface area contributed by atoms with Gasteiger partial charge in [-0.3, -0.25) is 10.9 Å². The topological polar surface area (TPSA) is 81.2 Å². The predicted molar refractivity (Wildman–Crippen MR) is 90.1 cm³/mol. The van der Waals surface area contributed by atoms with Crippen LogP contribution in [0.2, 0.25) is 0 Å². The number of aliphatic imine (C=N–C) groups is 1. The minimum Gasteiger partial charge on any atom is -0.486 e. The summed E-state index contributed by atoms with van der Waals surface area (Å²) >= 11 is 0. The van der Waals surface area contributed by atoms with E-state index in [1.165, 1.54) is 0 Å². The molecule has 2 heterocycles. The van der Waals surface area contributed by atoms with Crippen LogP contribution in [-0.4, -0.2) is 31.6 Å². The largest absolute Gasteiger partial charge is 0.486 e. The first kappa shape index (κ1) is 15.9. The average Bonchev–Trinajstić information content (AvgIpc) is 2.87. The highest BCUT2D eigenvalue weighted by Crippen LogP contribution is 2.32. The molecule has 24 heavy (non-hydrogen) atoms. The van der Waals surface area contributed by atoms with E-state index in [-0.39, 0.29) is 0 Å². The van der Waals surface area contributed by atoms with Crippen LogP contribution in [0.1, 0.15) is 13.8 Å². The summed E-state index contributed by atoms with van der Waals surface area (Å²) in [5.41, 5.74) is 8.27. The third-order valence-electron chi connectivity index (χ3n) is 3.61. The van der Waals surface area contributed by atoms with Crippen molar-refractivity contribution in [3.05, 3.63) is 41.6 Å².